The standard InChI is InChI=1S/C22H18FNO4/c1-2-28-16-7-5-6-14(12-16)15-10-11-20(19(23)13-15)24-21(25)17-8-3-4-9-18(17)22(26)27/h3-13H,2H2,1H3,(H,24,25)(H,26,27). The molecule has 0 atom stereocenters. The lowest BCUT2D eigenvalue weighted by Crippen LogP contribution is -2.17. The van der Waals surface area contributed by atoms with E-state index in [1.807, 2.05) is 25.1 Å². The molecular formula is C22H18FNO4. The van der Waals surface area contributed by atoms with Crippen LogP contribution in [0.3, 0.4) is 0 Å². The molecule has 2 N–H and O–H groups in total. The molecule has 3 aromatic carbocycles. The van der Waals surface area contributed by atoms with E-state index in [0.29, 0.717) is 17.9 Å². The van der Waals surface area contributed by atoms with Crippen LogP contribution in [-0.4, -0.2) is 23.6 Å². The molecule has 6 heteroatoms. The molecule has 0 saturated carbocycles. The summed E-state index contributed by atoms with van der Waals surface area (Å²) in [6.45, 7) is 2.41. The molecule has 0 bridgehead atoms. The summed E-state index contributed by atoms with van der Waals surface area (Å²) in [5.41, 5.74) is 1.18. The second kappa shape index (κ2) is 8.35. The average Bonchev–Trinajstić information content (AvgIpc) is 2.70. The van der Waals surface area contributed by atoms with Crippen molar-refractivity contribution in [2.75, 3.05) is 11.9 Å². The number of anilines is 1. The van der Waals surface area contributed by atoms with E-state index in [-0.39, 0.29) is 16.8 Å². The van der Waals surface area contributed by atoms with Crippen LogP contribution in [0, 0.1) is 5.82 Å². The molecule has 142 valence electrons. The number of carbonyl (C=O) groups is 2. The third kappa shape index (κ3) is 4.17. The summed E-state index contributed by atoms with van der Waals surface area (Å²) in [4.78, 5) is 23.7. The van der Waals surface area contributed by atoms with Crippen LogP contribution in [0.2, 0.25) is 0 Å². The molecule has 0 aliphatic heterocycles. The van der Waals surface area contributed by atoms with Crippen molar-refractivity contribution in [1.29, 1.82) is 0 Å². The fraction of sp³-hybridized carbons (Fsp3) is 0.0909. The molecule has 3 rings (SSSR count). The smallest absolute Gasteiger partial charge is 0.336 e. The minimum absolute atomic E-state index is 0.0325. The Morgan fingerprint density at radius 3 is 2.36 bits per heavy atom. The van der Waals surface area contributed by atoms with Crippen molar-refractivity contribution >= 4 is 17.6 Å². The minimum Gasteiger partial charge on any atom is -0.494 e. The maximum Gasteiger partial charge on any atom is 0.336 e. The molecule has 5 nitrogen and oxygen atoms in total. The van der Waals surface area contributed by atoms with E-state index in [9.17, 15) is 19.1 Å². The van der Waals surface area contributed by atoms with Gasteiger partial charge in [-0.2, -0.15) is 0 Å². The highest BCUT2D eigenvalue weighted by Gasteiger charge is 2.17. The van der Waals surface area contributed by atoms with Gasteiger partial charge in [0.25, 0.3) is 5.91 Å². The summed E-state index contributed by atoms with van der Waals surface area (Å²) in [6, 6.07) is 17.5. The maximum absolute atomic E-state index is 14.6. The summed E-state index contributed by atoms with van der Waals surface area (Å²) < 4.78 is 20.0. The van der Waals surface area contributed by atoms with Gasteiger partial charge in [-0.3, -0.25) is 4.79 Å². The van der Waals surface area contributed by atoms with Crippen LogP contribution < -0.4 is 10.1 Å². The fourth-order valence-electron chi connectivity index (χ4n) is 2.79. The Morgan fingerprint density at radius 2 is 1.68 bits per heavy atom. The molecule has 28 heavy (non-hydrogen) atoms. The zero-order valence-corrected chi connectivity index (χ0v) is 15.1. The maximum atomic E-state index is 14.6. The van der Waals surface area contributed by atoms with Gasteiger partial charge >= 0.3 is 5.97 Å². The highest BCUT2D eigenvalue weighted by molar-refractivity contribution is 6.10. The highest BCUT2D eigenvalue weighted by Crippen LogP contribution is 2.27. The van der Waals surface area contributed by atoms with Crippen LogP contribution in [0.4, 0.5) is 10.1 Å². The molecule has 0 aromatic heterocycles. The highest BCUT2D eigenvalue weighted by atomic mass is 19.1. The molecule has 0 heterocycles. The molecule has 0 fully saturated rings. The lowest BCUT2D eigenvalue weighted by atomic mass is 10.0. The predicted octanol–water partition coefficient (Wildman–Crippen LogP) is 4.84. The molecule has 0 saturated heterocycles. The molecule has 0 unspecified atom stereocenters. The van der Waals surface area contributed by atoms with Gasteiger partial charge in [0, 0.05) is 0 Å². The van der Waals surface area contributed by atoms with Gasteiger partial charge in [0.15, 0.2) is 0 Å². The van der Waals surface area contributed by atoms with Crippen molar-refractivity contribution in [2.45, 2.75) is 6.92 Å². The lowest BCUT2D eigenvalue weighted by Gasteiger charge is -2.11. The molecule has 0 spiro atoms. The van der Waals surface area contributed by atoms with E-state index in [0.717, 1.165) is 5.56 Å². The van der Waals surface area contributed by atoms with E-state index in [1.165, 1.54) is 30.3 Å². The zero-order valence-electron chi connectivity index (χ0n) is 15.1. The van der Waals surface area contributed by atoms with Crippen LogP contribution in [0.1, 0.15) is 27.6 Å². The van der Waals surface area contributed by atoms with Gasteiger partial charge in [-0.1, -0.05) is 30.3 Å². The van der Waals surface area contributed by atoms with Crippen molar-refractivity contribution in [2.24, 2.45) is 0 Å². The van der Waals surface area contributed by atoms with E-state index in [2.05, 4.69) is 5.32 Å². The first kappa shape index (κ1) is 19.1. The van der Waals surface area contributed by atoms with Crippen molar-refractivity contribution in [3.05, 3.63) is 83.7 Å². The normalized spacial score (nSPS) is 10.4. The van der Waals surface area contributed by atoms with Crippen LogP contribution in [0.5, 0.6) is 5.75 Å². The number of benzene rings is 3. The number of carbonyl (C=O) groups excluding carboxylic acids is 1. The number of carboxylic acids is 1. The quantitative estimate of drug-likeness (QED) is 0.642. The predicted molar refractivity (Wildman–Crippen MR) is 104 cm³/mol. The first-order valence-electron chi connectivity index (χ1n) is 8.66. The van der Waals surface area contributed by atoms with Crippen molar-refractivity contribution < 1.29 is 23.8 Å². The number of halogens is 1. The van der Waals surface area contributed by atoms with Gasteiger partial charge in [0.1, 0.15) is 11.6 Å². The third-order valence-corrected chi connectivity index (χ3v) is 4.10. The molecule has 0 aliphatic carbocycles. The monoisotopic (exact) mass is 379 g/mol. The van der Waals surface area contributed by atoms with Gasteiger partial charge < -0.3 is 15.2 Å². The first-order valence-corrected chi connectivity index (χ1v) is 8.66. The largest absolute Gasteiger partial charge is 0.494 e. The van der Waals surface area contributed by atoms with Crippen molar-refractivity contribution in [3.8, 4) is 16.9 Å². The van der Waals surface area contributed by atoms with Crippen LogP contribution in [0.25, 0.3) is 11.1 Å². The van der Waals surface area contributed by atoms with Gasteiger partial charge in [0.05, 0.1) is 23.4 Å². The summed E-state index contributed by atoms with van der Waals surface area (Å²) in [6.07, 6.45) is 0. The topological polar surface area (TPSA) is 75.6 Å². The van der Waals surface area contributed by atoms with E-state index >= 15 is 0 Å². The number of carboxylic acid groups (broad SMARTS) is 1. The Balaban J connectivity index is 1.85. The number of rotatable bonds is 6. The van der Waals surface area contributed by atoms with E-state index in [1.54, 1.807) is 18.2 Å². The van der Waals surface area contributed by atoms with E-state index in [4.69, 9.17) is 4.74 Å². The molecule has 3 aromatic rings. The Bertz CT molecular complexity index is 1030. The molecule has 1 amide bonds. The van der Waals surface area contributed by atoms with Gasteiger partial charge in [0.2, 0.25) is 0 Å². The summed E-state index contributed by atoms with van der Waals surface area (Å²) in [7, 11) is 0. The summed E-state index contributed by atoms with van der Waals surface area (Å²) in [5.74, 6) is -1.86. The van der Waals surface area contributed by atoms with Gasteiger partial charge in [-0.25, -0.2) is 9.18 Å². The second-order valence-corrected chi connectivity index (χ2v) is 5.96. The van der Waals surface area contributed by atoms with Gasteiger partial charge in [-0.15, -0.1) is 0 Å². The fourth-order valence-corrected chi connectivity index (χ4v) is 2.79. The SMILES string of the molecule is CCOc1cccc(-c2ccc(NC(=O)c3ccccc3C(=O)O)c(F)c2)c1. The van der Waals surface area contributed by atoms with Crippen LogP contribution >= 0.6 is 0 Å². The van der Waals surface area contributed by atoms with Crippen LogP contribution in [0.15, 0.2) is 66.7 Å². The molecule has 0 radical (unpaired) electrons. The van der Waals surface area contributed by atoms with E-state index < -0.39 is 17.7 Å². The second-order valence-electron chi connectivity index (χ2n) is 5.96. The number of hydrogen-bond donors (Lipinski definition) is 2. The zero-order chi connectivity index (χ0) is 20.1. The Kier molecular flexibility index (Phi) is 5.69. The molecule has 0 aliphatic rings. The Morgan fingerprint density at radius 1 is 0.964 bits per heavy atom. The lowest BCUT2D eigenvalue weighted by molar-refractivity contribution is 0.0692. The van der Waals surface area contributed by atoms with Gasteiger partial charge in [-0.05, 0) is 54.4 Å². The minimum atomic E-state index is -1.23. The van der Waals surface area contributed by atoms with Crippen molar-refractivity contribution in [3.63, 3.8) is 0 Å². The summed E-state index contributed by atoms with van der Waals surface area (Å²) in [5, 5.41) is 11.6. The third-order valence-electron chi connectivity index (χ3n) is 4.10. The average molecular weight is 379 g/mol. The first-order chi connectivity index (χ1) is 13.5. The number of hydrogen-bond acceptors (Lipinski definition) is 3. The van der Waals surface area contributed by atoms with Crippen LogP contribution in [-0.2, 0) is 0 Å². The number of nitrogens with one attached hydrogen (secondary N) is 1. The number of amides is 1. The molecular weight excluding hydrogens is 361 g/mol. The Hall–Kier alpha value is -3.67. The number of ether oxygens (including phenoxy) is 1. The number of aromatic carboxylic acids is 1. The summed E-state index contributed by atoms with van der Waals surface area (Å²) >= 11 is 0. The Labute approximate surface area is 161 Å². The van der Waals surface area contributed by atoms with Crippen molar-refractivity contribution in [1.82, 2.24) is 0 Å².